The summed E-state index contributed by atoms with van der Waals surface area (Å²) < 4.78 is 38.6. The molecule has 142 valence electrons. The summed E-state index contributed by atoms with van der Waals surface area (Å²) in [6, 6.07) is 3.26. The van der Waals surface area contributed by atoms with E-state index < -0.39 is 15.4 Å². The summed E-state index contributed by atoms with van der Waals surface area (Å²) in [5, 5.41) is 17.1. The lowest BCUT2D eigenvalue weighted by atomic mass is 9.71. The van der Waals surface area contributed by atoms with E-state index in [9.17, 15) is 13.5 Å². The van der Waals surface area contributed by atoms with Gasteiger partial charge in [0.2, 0.25) is 15.8 Å². The van der Waals surface area contributed by atoms with Gasteiger partial charge in [-0.25, -0.2) is 8.42 Å². The van der Waals surface area contributed by atoms with Crippen LogP contribution in [-0.2, 0) is 10.0 Å². The smallest absolute Gasteiger partial charge is 0.246 e. The van der Waals surface area contributed by atoms with Gasteiger partial charge >= 0.3 is 0 Å². The van der Waals surface area contributed by atoms with E-state index in [1.54, 1.807) is 13.0 Å². The minimum atomic E-state index is -3.72. The minimum absolute atomic E-state index is 0.0234. The van der Waals surface area contributed by atoms with Crippen molar-refractivity contribution in [1.82, 2.24) is 14.8 Å². The molecule has 2 aromatic rings. The molecule has 9 heteroatoms. The summed E-state index contributed by atoms with van der Waals surface area (Å²) >= 11 is 0. The summed E-state index contributed by atoms with van der Waals surface area (Å²) in [7, 11) is -3.72. The molecule has 8 nitrogen and oxygen atoms in total. The number of hydrogen-bond donors (Lipinski definition) is 2. The molecule has 0 unspecified atom stereocenters. The monoisotopic (exact) mass is 381 g/mol. The Balaban J connectivity index is 1.65. The van der Waals surface area contributed by atoms with Crippen LogP contribution in [-0.4, -0.2) is 55.3 Å². The Morgan fingerprint density at radius 3 is 3.04 bits per heavy atom. The maximum absolute atomic E-state index is 13.2. The predicted molar refractivity (Wildman–Crippen MR) is 92.9 cm³/mol. The molecule has 0 amide bonds. The molecule has 26 heavy (non-hydrogen) atoms. The first-order valence-corrected chi connectivity index (χ1v) is 10.3. The molecule has 2 aliphatic rings. The normalized spacial score (nSPS) is 27.4. The molecule has 0 radical (unpaired) electrons. The lowest BCUT2D eigenvalue weighted by molar-refractivity contribution is 0.00546. The van der Waals surface area contributed by atoms with E-state index in [0.29, 0.717) is 36.8 Å². The van der Waals surface area contributed by atoms with Crippen molar-refractivity contribution in [2.24, 2.45) is 5.41 Å². The quantitative estimate of drug-likeness (QED) is 0.823. The van der Waals surface area contributed by atoms with Crippen molar-refractivity contribution in [2.45, 2.75) is 37.1 Å². The number of rotatable bonds is 4. The molecule has 0 bridgehead atoms. The standard InChI is InChI=1S/C17H23N3O5S/c1-12-15(9-14(24-12)13-3-7-19-25-13)26(22,23)20-8-4-16-17(10-20,11-21)5-2-6-18-16/h3,7,9,16,18,21H,2,4-6,8,10-11H2,1H3/t16-,17-/m1/s1. The van der Waals surface area contributed by atoms with Gasteiger partial charge in [-0.3, -0.25) is 0 Å². The Bertz CT molecular complexity index is 876. The van der Waals surface area contributed by atoms with Crippen molar-refractivity contribution in [3.05, 3.63) is 24.1 Å². The molecule has 0 spiro atoms. The number of aliphatic hydroxyl groups is 1. The van der Waals surface area contributed by atoms with Crippen LogP contribution >= 0.6 is 0 Å². The summed E-state index contributed by atoms with van der Waals surface area (Å²) in [6.45, 7) is 3.25. The maximum atomic E-state index is 13.2. The second kappa shape index (κ2) is 6.49. The van der Waals surface area contributed by atoms with Gasteiger partial charge in [-0.15, -0.1) is 0 Å². The molecule has 4 rings (SSSR count). The number of fused-ring (bicyclic) bond motifs is 1. The highest BCUT2D eigenvalue weighted by atomic mass is 32.2. The highest BCUT2D eigenvalue weighted by molar-refractivity contribution is 7.89. The molecule has 2 aromatic heterocycles. The summed E-state index contributed by atoms with van der Waals surface area (Å²) in [5.41, 5.74) is -0.422. The number of aromatic nitrogens is 1. The van der Waals surface area contributed by atoms with Crippen LogP contribution in [0.3, 0.4) is 0 Å². The minimum Gasteiger partial charge on any atom is -0.457 e. The summed E-state index contributed by atoms with van der Waals surface area (Å²) in [4.78, 5) is 0.138. The van der Waals surface area contributed by atoms with Gasteiger partial charge in [0, 0.05) is 36.7 Å². The second-order valence-corrected chi connectivity index (χ2v) is 9.07. The fraction of sp³-hybridized carbons (Fsp3) is 0.588. The van der Waals surface area contributed by atoms with Crippen LogP contribution < -0.4 is 5.32 Å². The third kappa shape index (κ3) is 2.79. The van der Waals surface area contributed by atoms with Crippen LogP contribution in [0.2, 0.25) is 0 Å². The van der Waals surface area contributed by atoms with Crippen LogP contribution in [0.1, 0.15) is 25.0 Å². The Morgan fingerprint density at radius 1 is 1.46 bits per heavy atom. The molecular formula is C17H23N3O5S. The molecule has 2 saturated heterocycles. The summed E-state index contributed by atoms with van der Waals surface area (Å²) in [6.07, 6.45) is 3.92. The lowest BCUT2D eigenvalue weighted by Gasteiger charge is -2.49. The first-order chi connectivity index (χ1) is 12.5. The number of aliphatic hydroxyl groups excluding tert-OH is 1. The van der Waals surface area contributed by atoms with Gasteiger partial charge in [-0.1, -0.05) is 5.16 Å². The van der Waals surface area contributed by atoms with Gasteiger partial charge in [-0.05, 0) is 32.7 Å². The molecule has 0 aromatic carbocycles. The Morgan fingerprint density at radius 2 is 2.31 bits per heavy atom. The zero-order chi connectivity index (χ0) is 18.4. The molecule has 2 aliphatic heterocycles. The maximum Gasteiger partial charge on any atom is 0.246 e. The average Bonchev–Trinajstić information content (AvgIpc) is 3.30. The number of sulfonamides is 1. The van der Waals surface area contributed by atoms with Crippen LogP contribution in [0.25, 0.3) is 11.5 Å². The zero-order valence-corrected chi connectivity index (χ0v) is 15.5. The molecule has 0 aliphatic carbocycles. The number of hydrogen-bond acceptors (Lipinski definition) is 7. The van der Waals surface area contributed by atoms with Crippen molar-refractivity contribution < 1.29 is 22.5 Å². The number of aryl methyl sites for hydroxylation is 1. The van der Waals surface area contributed by atoms with Gasteiger partial charge < -0.3 is 19.4 Å². The zero-order valence-electron chi connectivity index (χ0n) is 14.6. The fourth-order valence-corrected chi connectivity index (χ4v) is 5.89. The van der Waals surface area contributed by atoms with Crippen molar-refractivity contribution in [1.29, 1.82) is 0 Å². The largest absolute Gasteiger partial charge is 0.457 e. The van der Waals surface area contributed by atoms with Crippen molar-refractivity contribution >= 4 is 10.0 Å². The molecular weight excluding hydrogens is 358 g/mol. The van der Waals surface area contributed by atoms with E-state index in [4.69, 9.17) is 8.94 Å². The van der Waals surface area contributed by atoms with Gasteiger partial charge in [-0.2, -0.15) is 4.31 Å². The number of furan rings is 1. The molecule has 0 saturated carbocycles. The van der Waals surface area contributed by atoms with Crippen LogP contribution in [0.5, 0.6) is 0 Å². The van der Waals surface area contributed by atoms with Gasteiger partial charge in [0.1, 0.15) is 10.7 Å². The molecule has 4 heterocycles. The van der Waals surface area contributed by atoms with Crippen LogP contribution in [0.4, 0.5) is 0 Å². The SMILES string of the molecule is Cc1oc(-c2ccno2)cc1S(=O)(=O)N1CC[C@H]2NCCC[C@]2(CO)C1. The topological polar surface area (TPSA) is 109 Å². The first kappa shape index (κ1) is 17.7. The van der Waals surface area contributed by atoms with E-state index >= 15 is 0 Å². The summed E-state index contributed by atoms with van der Waals surface area (Å²) in [5.74, 6) is 1.04. The van der Waals surface area contributed by atoms with Crippen molar-refractivity contribution in [3.8, 4) is 11.5 Å². The van der Waals surface area contributed by atoms with Crippen molar-refractivity contribution in [2.75, 3.05) is 26.2 Å². The van der Waals surface area contributed by atoms with E-state index in [1.165, 1.54) is 16.6 Å². The van der Waals surface area contributed by atoms with Gasteiger partial charge in [0.05, 0.1) is 12.8 Å². The Labute approximate surface area is 152 Å². The lowest BCUT2D eigenvalue weighted by Crippen LogP contribution is -2.62. The number of nitrogens with zero attached hydrogens (tertiary/aromatic N) is 2. The van der Waals surface area contributed by atoms with E-state index in [1.807, 2.05) is 0 Å². The van der Waals surface area contributed by atoms with E-state index in [2.05, 4.69) is 10.5 Å². The molecule has 2 N–H and O–H groups in total. The van der Waals surface area contributed by atoms with Gasteiger partial charge in [0.15, 0.2) is 5.76 Å². The van der Waals surface area contributed by atoms with Gasteiger partial charge in [0.25, 0.3) is 0 Å². The first-order valence-electron chi connectivity index (χ1n) is 8.82. The third-order valence-corrected chi connectivity index (χ3v) is 7.58. The van der Waals surface area contributed by atoms with E-state index in [0.717, 1.165) is 19.4 Å². The van der Waals surface area contributed by atoms with Crippen LogP contribution in [0.15, 0.2) is 32.2 Å². The highest BCUT2D eigenvalue weighted by Crippen LogP contribution is 2.40. The Hall–Kier alpha value is -1.68. The second-order valence-electron chi connectivity index (χ2n) is 7.17. The Kier molecular flexibility index (Phi) is 4.42. The molecule has 2 fully saturated rings. The fourth-order valence-electron chi connectivity index (χ4n) is 4.18. The molecule has 2 atom stereocenters. The predicted octanol–water partition coefficient (Wildman–Crippen LogP) is 1.37. The average molecular weight is 381 g/mol. The van der Waals surface area contributed by atoms with Crippen LogP contribution in [0, 0.1) is 12.3 Å². The number of piperidine rings is 2. The third-order valence-electron chi connectivity index (χ3n) is 5.63. The van der Waals surface area contributed by atoms with E-state index in [-0.39, 0.29) is 17.5 Å². The highest BCUT2D eigenvalue weighted by Gasteiger charge is 2.47. The number of nitrogens with one attached hydrogen (secondary N) is 1. The van der Waals surface area contributed by atoms with Crippen molar-refractivity contribution in [3.63, 3.8) is 0 Å².